The first-order chi connectivity index (χ1) is 23.2. The molecule has 0 aliphatic rings. The van der Waals surface area contributed by atoms with Crippen LogP contribution in [-0.2, 0) is 0 Å². The third-order valence-electron chi connectivity index (χ3n) is 8.87. The van der Waals surface area contributed by atoms with Gasteiger partial charge in [0.25, 0.3) is 0 Å². The highest BCUT2D eigenvalue weighted by Gasteiger charge is 2.13. The molecule has 0 saturated heterocycles. The van der Waals surface area contributed by atoms with Gasteiger partial charge in [0.2, 0.25) is 11.8 Å². The van der Waals surface area contributed by atoms with Crippen LogP contribution in [0.4, 0.5) is 0 Å². The first-order valence-corrected chi connectivity index (χ1v) is 18.3. The summed E-state index contributed by atoms with van der Waals surface area (Å²) >= 11 is 0. The van der Waals surface area contributed by atoms with Gasteiger partial charge in [-0.3, -0.25) is 0 Å². The summed E-state index contributed by atoms with van der Waals surface area (Å²) in [7, 11) is 0. The number of unbranched alkanes of at least 4 members (excludes halogenated alkanes) is 4. The van der Waals surface area contributed by atoms with Crippen LogP contribution in [0.3, 0.4) is 0 Å². The summed E-state index contributed by atoms with van der Waals surface area (Å²) in [6.07, 6.45) is 12.5. The minimum Gasteiger partial charge on any atom is -0.494 e. The maximum absolute atomic E-state index is 6.25. The highest BCUT2D eigenvalue weighted by molar-refractivity contribution is 5.59. The van der Waals surface area contributed by atoms with Crippen LogP contribution in [0.1, 0.15) is 110 Å². The summed E-state index contributed by atoms with van der Waals surface area (Å²) in [6, 6.07) is 19.7. The zero-order valence-electron chi connectivity index (χ0n) is 30.5. The van der Waals surface area contributed by atoms with E-state index in [0.717, 1.165) is 83.1 Å². The highest BCUT2D eigenvalue weighted by Crippen LogP contribution is 2.33. The van der Waals surface area contributed by atoms with E-state index >= 15 is 0 Å². The van der Waals surface area contributed by atoms with Gasteiger partial charge in [0.05, 0.1) is 13.2 Å². The van der Waals surface area contributed by atoms with Crippen LogP contribution in [0.5, 0.6) is 23.0 Å². The van der Waals surface area contributed by atoms with E-state index in [0.29, 0.717) is 17.7 Å². The Balaban J connectivity index is 1.23. The van der Waals surface area contributed by atoms with E-state index in [1.807, 2.05) is 48.5 Å². The van der Waals surface area contributed by atoms with Crippen molar-refractivity contribution in [3.63, 3.8) is 0 Å². The molecule has 0 fully saturated rings. The molecule has 0 aliphatic carbocycles. The largest absolute Gasteiger partial charge is 0.494 e. The molecule has 1 aromatic heterocycles. The minimum atomic E-state index is 0.465. The molecule has 4 aromatic rings. The Morgan fingerprint density at radius 2 is 1.08 bits per heavy atom. The van der Waals surface area contributed by atoms with E-state index < -0.39 is 0 Å². The smallest absolute Gasteiger partial charge is 0.248 e. The SMILES string of the molecule is Cc1cc(Oc2ccc(-c3nnc(-c4ccc(OCCC(C)CCCC(C)C)cc4)o3)cc2)c(C)cc1OCCCCCCCC(C)C. The number of nitrogens with zero attached hydrogens (tertiary/aromatic N) is 2. The predicted molar refractivity (Wildman–Crippen MR) is 197 cm³/mol. The lowest BCUT2D eigenvalue weighted by molar-refractivity contribution is 0.276. The molecule has 4 rings (SSSR count). The van der Waals surface area contributed by atoms with Crippen molar-refractivity contribution in [2.24, 2.45) is 17.8 Å². The van der Waals surface area contributed by atoms with Crippen LogP contribution >= 0.6 is 0 Å². The highest BCUT2D eigenvalue weighted by atomic mass is 16.5. The van der Waals surface area contributed by atoms with Crippen molar-refractivity contribution in [3.05, 3.63) is 71.8 Å². The lowest BCUT2D eigenvalue weighted by Crippen LogP contribution is -2.04. The Morgan fingerprint density at radius 3 is 1.73 bits per heavy atom. The average molecular weight is 655 g/mol. The Kier molecular flexibility index (Phi) is 14.9. The summed E-state index contributed by atoms with van der Waals surface area (Å²) in [6.45, 7) is 17.1. The lowest BCUT2D eigenvalue weighted by atomic mass is 9.98. The summed E-state index contributed by atoms with van der Waals surface area (Å²) in [5.41, 5.74) is 3.81. The van der Waals surface area contributed by atoms with Gasteiger partial charge in [-0.2, -0.15) is 0 Å². The molecule has 3 aromatic carbocycles. The van der Waals surface area contributed by atoms with Gasteiger partial charge in [0, 0.05) is 11.1 Å². The van der Waals surface area contributed by atoms with Gasteiger partial charge in [-0.25, -0.2) is 0 Å². The van der Waals surface area contributed by atoms with Gasteiger partial charge in [0.1, 0.15) is 23.0 Å². The van der Waals surface area contributed by atoms with Gasteiger partial charge in [0.15, 0.2) is 0 Å². The second kappa shape index (κ2) is 19.3. The zero-order chi connectivity index (χ0) is 34.3. The van der Waals surface area contributed by atoms with E-state index in [1.54, 1.807) is 0 Å². The van der Waals surface area contributed by atoms with Crippen LogP contribution in [0.15, 0.2) is 65.1 Å². The van der Waals surface area contributed by atoms with Crippen molar-refractivity contribution >= 4 is 0 Å². The molecule has 0 N–H and O–H groups in total. The van der Waals surface area contributed by atoms with Crippen LogP contribution < -0.4 is 14.2 Å². The molecule has 1 atom stereocenters. The molecule has 1 heterocycles. The maximum atomic E-state index is 6.25. The van der Waals surface area contributed by atoms with Crippen molar-refractivity contribution in [1.29, 1.82) is 0 Å². The third kappa shape index (κ3) is 12.3. The zero-order valence-corrected chi connectivity index (χ0v) is 30.5. The number of hydrogen-bond donors (Lipinski definition) is 0. The predicted octanol–water partition coefficient (Wildman–Crippen LogP) is 12.4. The van der Waals surface area contributed by atoms with Crippen LogP contribution in [-0.4, -0.2) is 23.4 Å². The van der Waals surface area contributed by atoms with E-state index in [4.69, 9.17) is 18.6 Å². The molecule has 1 unspecified atom stereocenters. The van der Waals surface area contributed by atoms with Gasteiger partial charge in [-0.1, -0.05) is 86.0 Å². The Hall–Kier alpha value is -3.80. The van der Waals surface area contributed by atoms with E-state index in [9.17, 15) is 0 Å². The van der Waals surface area contributed by atoms with E-state index in [2.05, 4.69) is 70.8 Å². The number of ether oxygens (including phenoxy) is 3. The summed E-state index contributed by atoms with van der Waals surface area (Å²) in [4.78, 5) is 0. The molecule has 0 aliphatic heterocycles. The summed E-state index contributed by atoms with van der Waals surface area (Å²) in [5, 5.41) is 8.58. The quantitative estimate of drug-likeness (QED) is 0.0833. The second-order valence-electron chi connectivity index (χ2n) is 14.3. The van der Waals surface area contributed by atoms with Gasteiger partial charge in [-0.05, 0) is 116 Å². The van der Waals surface area contributed by atoms with Crippen molar-refractivity contribution < 1.29 is 18.6 Å². The van der Waals surface area contributed by atoms with E-state index in [1.165, 1.54) is 51.4 Å². The fraction of sp³-hybridized carbons (Fsp3) is 0.524. The number of hydrogen-bond acceptors (Lipinski definition) is 6. The van der Waals surface area contributed by atoms with Crippen LogP contribution in [0, 0.1) is 31.6 Å². The molecule has 0 bridgehead atoms. The third-order valence-corrected chi connectivity index (χ3v) is 8.87. The molecule has 0 radical (unpaired) electrons. The maximum Gasteiger partial charge on any atom is 0.248 e. The van der Waals surface area contributed by atoms with E-state index in [-0.39, 0.29) is 0 Å². The monoisotopic (exact) mass is 654 g/mol. The molecule has 0 saturated carbocycles. The first-order valence-electron chi connectivity index (χ1n) is 18.3. The fourth-order valence-electron chi connectivity index (χ4n) is 5.74. The number of benzene rings is 3. The first kappa shape index (κ1) is 37.0. The van der Waals surface area contributed by atoms with Crippen molar-refractivity contribution in [2.75, 3.05) is 13.2 Å². The topological polar surface area (TPSA) is 66.6 Å². The molecule has 6 heteroatoms. The van der Waals surface area contributed by atoms with Gasteiger partial charge >= 0.3 is 0 Å². The Bertz CT molecular complexity index is 1490. The molecule has 0 amide bonds. The fourth-order valence-corrected chi connectivity index (χ4v) is 5.74. The molecule has 48 heavy (non-hydrogen) atoms. The van der Waals surface area contributed by atoms with Crippen molar-refractivity contribution in [2.45, 2.75) is 113 Å². The standard InChI is InChI=1S/C42H58N2O4/c1-30(2)14-11-9-8-10-12-26-46-39-28-34(7)40(29-33(39)6)47-38-23-19-36(20-24-38)42-44-43-41(48-42)35-17-21-37(22-18-35)45-27-25-32(5)16-13-15-31(3)4/h17-24,28-32H,8-16,25-27H2,1-7H3. The van der Waals surface area contributed by atoms with Crippen LogP contribution in [0.25, 0.3) is 22.9 Å². The number of rotatable bonds is 21. The molecule has 6 nitrogen and oxygen atoms in total. The van der Waals surface area contributed by atoms with Gasteiger partial charge < -0.3 is 18.6 Å². The van der Waals surface area contributed by atoms with Crippen molar-refractivity contribution in [3.8, 4) is 45.9 Å². The molecule has 260 valence electrons. The molecular weight excluding hydrogens is 596 g/mol. The summed E-state index contributed by atoms with van der Waals surface area (Å²) < 4.78 is 24.4. The summed E-state index contributed by atoms with van der Waals surface area (Å²) in [5.74, 6) is 6.55. The van der Waals surface area contributed by atoms with Crippen molar-refractivity contribution in [1.82, 2.24) is 10.2 Å². The normalized spacial score (nSPS) is 12.1. The Labute approximate surface area is 289 Å². The average Bonchev–Trinajstić information content (AvgIpc) is 3.55. The van der Waals surface area contributed by atoms with Crippen LogP contribution in [0.2, 0.25) is 0 Å². The molecular formula is C42H58N2O4. The Morgan fingerprint density at radius 1 is 0.542 bits per heavy atom. The number of aryl methyl sites for hydroxylation is 2. The second-order valence-corrected chi connectivity index (χ2v) is 14.3. The van der Waals surface area contributed by atoms with Gasteiger partial charge in [-0.15, -0.1) is 10.2 Å². The minimum absolute atomic E-state index is 0.465. The molecule has 0 spiro atoms. The lowest BCUT2D eigenvalue weighted by Gasteiger charge is -2.14. The number of aromatic nitrogens is 2.